The van der Waals surface area contributed by atoms with Gasteiger partial charge in [0.05, 0.1) is 31.7 Å². The zero-order valence-electron chi connectivity index (χ0n) is 14.2. The van der Waals surface area contributed by atoms with Gasteiger partial charge in [0.2, 0.25) is 0 Å². The Bertz CT molecular complexity index is 809. The Labute approximate surface area is 145 Å². The van der Waals surface area contributed by atoms with Gasteiger partial charge in [-0.25, -0.2) is 0 Å². The zero-order valence-corrected chi connectivity index (χ0v) is 14.2. The fourth-order valence-corrected chi connectivity index (χ4v) is 3.80. The molecule has 1 amide bonds. The molecule has 132 valence electrons. The van der Waals surface area contributed by atoms with Crippen LogP contribution in [-0.4, -0.2) is 42.4 Å². The standard InChI is InChI=1S/C18H21N3O4/c1-23-9-6-21-14(17(19)22)10-13-16(21)12-2-5-20-11-15(12)25-18(13)3-7-24-8-4-18/h2,5,10-11H,3-4,6-9H2,1H3,(H2,19,22). The summed E-state index contributed by atoms with van der Waals surface area (Å²) in [5.41, 5.74) is 8.51. The molecule has 2 aliphatic rings. The van der Waals surface area contributed by atoms with E-state index in [2.05, 4.69) is 4.98 Å². The smallest absolute Gasteiger partial charge is 0.265 e. The number of methoxy groups -OCH3 is 1. The Morgan fingerprint density at radius 1 is 1.44 bits per heavy atom. The van der Waals surface area contributed by atoms with Crippen LogP contribution in [0.3, 0.4) is 0 Å². The molecule has 0 saturated carbocycles. The number of carbonyl (C=O) groups excluding carboxylic acids is 1. The van der Waals surface area contributed by atoms with Crippen molar-refractivity contribution >= 4 is 5.91 Å². The number of fused-ring (bicyclic) bond motifs is 4. The number of hydrogen-bond acceptors (Lipinski definition) is 5. The lowest BCUT2D eigenvalue weighted by Crippen LogP contribution is -2.41. The van der Waals surface area contributed by atoms with Gasteiger partial charge in [0.1, 0.15) is 17.0 Å². The van der Waals surface area contributed by atoms with E-state index in [4.69, 9.17) is 19.9 Å². The van der Waals surface area contributed by atoms with Crippen molar-refractivity contribution in [2.45, 2.75) is 25.0 Å². The first-order valence-corrected chi connectivity index (χ1v) is 8.40. The molecule has 7 nitrogen and oxygen atoms in total. The summed E-state index contributed by atoms with van der Waals surface area (Å²) in [6.45, 7) is 2.26. The van der Waals surface area contributed by atoms with Crippen LogP contribution in [-0.2, 0) is 21.6 Å². The summed E-state index contributed by atoms with van der Waals surface area (Å²) >= 11 is 0. The molecule has 0 aromatic carbocycles. The number of pyridine rings is 1. The molecule has 4 heterocycles. The lowest BCUT2D eigenvalue weighted by Gasteiger charge is -2.41. The number of aromatic nitrogens is 2. The molecular formula is C18H21N3O4. The van der Waals surface area contributed by atoms with Gasteiger partial charge in [-0.1, -0.05) is 0 Å². The second-order valence-corrected chi connectivity index (χ2v) is 6.38. The van der Waals surface area contributed by atoms with Gasteiger partial charge in [0.15, 0.2) is 0 Å². The van der Waals surface area contributed by atoms with Crippen LogP contribution in [0.2, 0.25) is 0 Å². The molecule has 1 spiro atoms. The van der Waals surface area contributed by atoms with Crippen LogP contribution in [0.5, 0.6) is 5.75 Å². The summed E-state index contributed by atoms with van der Waals surface area (Å²) < 4.78 is 19.1. The fourth-order valence-electron chi connectivity index (χ4n) is 3.80. The highest BCUT2D eigenvalue weighted by atomic mass is 16.5. The summed E-state index contributed by atoms with van der Waals surface area (Å²) in [5.74, 6) is 0.271. The molecule has 0 aliphatic carbocycles. The summed E-state index contributed by atoms with van der Waals surface area (Å²) in [5, 5.41) is 0. The monoisotopic (exact) mass is 343 g/mol. The van der Waals surface area contributed by atoms with Crippen molar-refractivity contribution in [1.29, 1.82) is 0 Å². The maximum absolute atomic E-state index is 12.1. The maximum Gasteiger partial charge on any atom is 0.265 e. The number of primary amides is 1. The molecule has 0 atom stereocenters. The predicted octanol–water partition coefficient (Wildman–Crippen LogP) is 1.69. The van der Waals surface area contributed by atoms with Crippen molar-refractivity contribution in [2.75, 3.05) is 26.9 Å². The van der Waals surface area contributed by atoms with E-state index in [1.54, 1.807) is 19.5 Å². The second-order valence-electron chi connectivity index (χ2n) is 6.38. The minimum Gasteiger partial charge on any atom is -0.480 e. The van der Waals surface area contributed by atoms with Crippen molar-refractivity contribution < 1.29 is 19.0 Å². The Morgan fingerprint density at radius 2 is 2.24 bits per heavy atom. The van der Waals surface area contributed by atoms with Gasteiger partial charge in [-0.05, 0) is 12.1 Å². The number of ether oxygens (including phenoxy) is 3. The van der Waals surface area contributed by atoms with E-state index in [9.17, 15) is 4.79 Å². The molecular weight excluding hydrogens is 322 g/mol. The highest BCUT2D eigenvalue weighted by Crippen LogP contribution is 2.50. The quantitative estimate of drug-likeness (QED) is 0.913. The Kier molecular flexibility index (Phi) is 3.97. The van der Waals surface area contributed by atoms with Gasteiger partial charge in [0, 0.05) is 43.8 Å². The van der Waals surface area contributed by atoms with E-state index in [1.807, 2.05) is 16.7 Å². The lowest BCUT2D eigenvalue weighted by molar-refractivity contribution is -0.0517. The van der Waals surface area contributed by atoms with Crippen LogP contribution in [0, 0.1) is 0 Å². The zero-order chi connectivity index (χ0) is 17.4. The van der Waals surface area contributed by atoms with Crippen molar-refractivity contribution in [3.05, 3.63) is 35.8 Å². The number of amides is 1. The van der Waals surface area contributed by atoms with E-state index in [0.29, 0.717) is 32.1 Å². The van der Waals surface area contributed by atoms with Gasteiger partial charge in [0.25, 0.3) is 5.91 Å². The Hall–Kier alpha value is -2.38. The van der Waals surface area contributed by atoms with E-state index in [0.717, 1.165) is 35.4 Å². The third-order valence-corrected chi connectivity index (χ3v) is 5.00. The SMILES string of the molecule is COCCn1c(C(N)=O)cc2c1-c1ccncc1OC21CCOCC1. The van der Waals surface area contributed by atoms with E-state index in [-0.39, 0.29) is 0 Å². The summed E-state index contributed by atoms with van der Waals surface area (Å²) in [6.07, 6.45) is 4.90. The molecule has 2 aliphatic heterocycles. The molecule has 0 radical (unpaired) electrons. The average molecular weight is 343 g/mol. The Balaban J connectivity index is 1.96. The molecule has 25 heavy (non-hydrogen) atoms. The number of nitrogens with zero attached hydrogens (tertiary/aromatic N) is 2. The molecule has 2 aromatic rings. The number of carbonyl (C=O) groups is 1. The van der Waals surface area contributed by atoms with E-state index < -0.39 is 11.5 Å². The van der Waals surface area contributed by atoms with Gasteiger partial charge in [-0.2, -0.15) is 0 Å². The molecule has 1 saturated heterocycles. The third-order valence-electron chi connectivity index (χ3n) is 5.00. The molecule has 0 bridgehead atoms. The summed E-state index contributed by atoms with van der Waals surface area (Å²) in [6, 6.07) is 3.79. The summed E-state index contributed by atoms with van der Waals surface area (Å²) in [7, 11) is 1.64. The molecule has 1 fully saturated rings. The predicted molar refractivity (Wildman–Crippen MR) is 90.4 cm³/mol. The minimum absolute atomic E-state index is 0.455. The van der Waals surface area contributed by atoms with Crippen LogP contribution in [0.1, 0.15) is 28.9 Å². The van der Waals surface area contributed by atoms with Gasteiger partial charge >= 0.3 is 0 Å². The number of nitrogens with two attached hydrogens (primary N) is 1. The fraction of sp³-hybridized carbons (Fsp3) is 0.444. The van der Waals surface area contributed by atoms with Crippen molar-refractivity contribution in [3.8, 4) is 17.0 Å². The minimum atomic E-state index is -0.508. The summed E-state index contributed by atoms with van der Waals surface area (Å²) in [4.78, 5) is 16.3. The molecule has 2 N–H and O–H groups in total. The van der Waals surface area contributed by atoms with Crippen LogP contribution in [0.15, 0.2) is 24.5 Å². The van der Waals surface area contributed by atoms with Crippen molar-refractivity contribution in [3.63, 3.8) is 0 Å². The lowest BCUT2D eigenvalue weighted by atomic mass is 9.82. The van der Waals surface area contributed by atoms with Crippen LogP contribution in [0.25, 0.3) is 11.3 Å². The molecule has 2 aromatic heterocycles. The topological polar surface area (TPSA) is 88.6 Å². The number of rotatable bonds is 4. The molecule has 0 unspecified atom stereocenters. The van der Waals surface area contributed by atoms with Gasteiger partial charge in [-0.15, -0.1) is 0 Å². The van der Waals surface area contributed by atoms with Crippen LogP contribution >= 0.6 is 0 Å². The highest BCUT2D eigenvalue weighted by Gasteiger charge is 2.45. The van der Waals surface area contributed by atoms with E-state index >= 15 is 0 Å². The highest BCUT2D eigenvalue weighted by molar-refractivity contribution is 5.94. The van der Waals surface area contributed by atoms with Crippen molar-refractivity contribution in [1.82, 2.24) is 9.55 Å². The van der Waals surface area contributed by atoms with Crippen LogP contribution in [0.4, 0.5) is 0 Å². The second kappa shape index (κ2) is 6.16. The first-order valence-electron chi connectivity index (χ1n) is 8.40. The van der Waals surface area contributed by atoms with Gasteiger partial charge in [-0.3, -0.25) is 9.78 Å². The third kappa shape index (κ3) is 2.51. The largest absolute Gasteiger partial charge is 0.480 e. The van der Waals surface area contributed by atoms with Crippen molar-refractivity contribution in [2.24, 2.45) is 5.73 Å². The Morgan fingerprint density at radius 3 is 2.96 bits per heavy atom. The van der Waals surface area contributed by atoms with Gasteiger partial charge < -0.3 is 24.5 Å². The molecule has 4 rings (SSSR count). The average Bonchev–Trinajstić information content (AvgIpc) is 3.02. The molecule has 7 heteroatoms. The first-order chi connectivity index (χ1) is 12.2. The number of hydrogen-bond donors (Lipinski definition) is 1. The first kappa shape index (κ1) is 16.1. The van der Waals surface area contributed by atoms with E-state index in [1.165, 1.54) is 0 Å². The normalized spacial score (nSPS) is 17.6. The van der Waals surface area contributed by atoms with Crippen LogP contribution < -0.4 is 10.5 Å². The maximum atomic E-state index is 12.1.